The Morgan fingerprint density at radius 3 is 2.56 bits per heavy atom. The Kier molecular flexibility index (Phi) is 7.90. The van der Waals surface area contributed by atoms with Crippen molar-refractivity contribution in [1.82, 2.24) is 5.32 Å². The molecule has 0 bridgehead atoms. The summed E-state index contributed by atoms with van der Waals surface area (Å²) in [7, 11) is 1.93. The highest BCUT2D eigenvalue weighted by Crippen LogP contribution is 2.32. The summed E-state index contributed by atoms with van der Waals surface area (Å²) >= 11 is 0. The summed E-state index contributed by atoms with van der Waals surface area (Å²) in [6.07, 6.45) is 0.764. The molecule has 1 heterocycles. The zero-order valence-corrected chi connectivity index (χ0v) is 18.6. The number of para-hydroxylation sites is 2. The molecule has 0 aromatic heterocycles. The van der Waals surface area contributed by atoms with E-state index >= 15 is 0 Å². The number of hydrogen-bond donors (Lipinski definition) is 3. The molecule has 32 heavy (non-hydrogen) atoms. The van der Waals surface area contributed by atoms with Crippen LogP contribution in [0.2, 0.25) is 0 Å². The molecule has 2 aromatic rings. The van der Waals surface area contributed by atoms with E-state index in [4.69, 9.17) is 15.4 Å². The number of hydrogen-bond acceptors (Lipinski definition) is 7. The zero-order chi connectivity index (χ0) is 22.9. The first-order valence-corrected chi connectivity index (χ1v) is 10.6. The number of nitrogens with zero attached hydrogens (tertiary/aromatic N) is 3. The monoisotopic (exact) mass is 428 g/mol. The van der Waals surface area contributed by atoms with Gasteiger partial charge in [-0.25, -0.2) is 0 Å². The number of benzene rings is 2. The molecule has 0 radical (unpaired) electrons. The predicted molar refractivity (Wildman–Crippen MR) is 130 cm³/mol. The summed E-state index contributed by atoms with van der Waals surface area (Å²) in [5.74, 6) is 0.722. The molecule has 1 unspecified atom stereocenters. The van der Waals surface area contributed by atoms with E-state index in [9.17, 15) is 0 Å². The lowest BCUT2D eigenvalue weighted by Crippen LogP contribution is -2.25. The van der Waals surface area contributed by atoms with Gasteiger partial charge in [-0.15, -0.1) is 0 Å². The minimum absolute atomic E-state index is 0.0519. The Morgan fingerprint density at radius 2 is 1.84 bits per heavy atom. The number of ether oxygens (including phenoxy) is 1. The highest BCUT2D eigenvalue weighted by atomic mass is 16.5. The Labute approximate surface area is 189 Å². The van der Waals surface area contributed by atoms with Gasteiger partial charge < -0.3 is 15.4 Å². The second-order valence-electron chi connectivity index (χ2n) is 7.47. The lowest BCUT2D eigenvalue weighted by atomic mass is 9.97. The van der Waals surface area contributed by atoms with Crippen molar-refractivity contribution in [3.05, 3.63) is 71.4 Å². The van der Waals surface area contributed by atoms with Gasteiger partial charge in [0.1, 0.15) is 17.6 Å². The van der Waals surface area contributed by atoms with Crippen LogP contribution in [-0.2, 0) is 0 Å². The maximum Gasteiger partial charge on any atom is 0.143 e. The highest BCUT2D eigenvalue weighted by Gasteiger charge is 2.22. The van der Waals surface area contributed by atoms with Crippen molar-refractivity contribution < 1.29 is 4.74 Å². The van der Waals surface area contributed by atoms with Crippen molar-refractivity contribution >= 4 is 22.8 Å². The third kappa shape index (κ3) is 5.48. The molecular weight excluding hydrogens is 400 g/mol. The molecule has 3 rings (SSSR count). The van der Waals surface area contributed by atoms with E-state index < -0.39 is 0 Å². The van der Waals surface area contributed by atoms with E-state index in [-0.39, 0.29) is 18.2 Å². The largest absolute Gasteiger partial charge is 0.484 e. The minimum Gasteiger partial charge on any atom is -0.484 e. The fourth-order valence-corrected chi connectivity index (χ4v) is 3.55. The molecule has 1 aliphatic rings. The number of rotatable bonds is 9. The van der Waals surface area contributed by atoms with Crippen LogP contribution in [-0.4, -0.2) is 30.7 Å². The number of allylic oxidation sites excluding steroid dienone is 2. The second kappa shape index (κ2) is 11.0. The van der Waals surface area contributed by atoms with E-state index in [2.05, 4.69) is 33.0 Å². The Bertz CT molecular complexity index is 1090. The molecule has 2 aromatic carbocycles. The molecule has 7 nitrogen and oxygen atoms in total. The summed E-state index contributed by atoms with van der Waals surface area (Å²) in [5, 5.41) is 32.2. The summed E-state index contributed by atoms with van der Waals surface area (Å²) in [5.41, 5.74) is 4.54. The van der Waals surface area contributed by atoms with Crippen LogP contribution in [0.3, 0.4) is 0 Å². The second-order valence-corrected chi connectivity index (χ2v) is 7.47. The molecule has 164 valence electrons. The first-order chi connectivity index (χ1) is 15.5. The van der Waals surface area contributed by atoms with Crippen molar-refractivity contribution in [2.45, 2.75) is 32.8 Å². The van der Waals surface area contributed by atoms with E-state index in [1.807, 2.05) is 69.4 Å². The summed E-state index contributed by atoms with van der Waals surface area (Å²) < 4.78 is 6.46. The van der Waals surface area contributed by atoms with Crippen molar-refractivity contribution in [1.29, 1.82) is 10.7 Å². The molecule has 0 saturated heterocycles. The van der Waals surface area contributed by atoms with Gasteiger partial charge in [-0.3, -0.25) is 5.41 Å². The van der Waals surface area contributed by atoms with Gasteiger partial charge in [-0.05, 0) is 45.1 Å². The number of nitriles is 1. The fourth-order valence-electron chi connectivity index (χ4n) is 3.55. The van der Waals surface area contributed by atoms with Crippen LogP contribution in [0.1, 0.15) is 38.4 Å². The van der Waals surface area contributed by atoms with Crippen LogP contribution >= 0.6 is 0 Å². The van der Waals surface area contributed by atoms with E-state index in [1.54, 1.807) is 0 Å². The number of anilines is 1. The minimum atomic E-state index is -0.106. The quantitative estimate of drug-likeness (QED) is 0.530. The van der Waals surface area contributed by atoms with Crippen molar-refractivity contribution in [2.75, 3.05) is 18.9 Å². The molecule has 7 heteroatoms. The Balaban J connectivity index is 1.89. The summed E-state index contributed by atoms with van der Waals surface area (Å²) in [6, 6.07) is 20.0. The van der Waals surface area contributed by atoms with Gasteiger partial charge in [-0.2, -0.15) is 15.5 Å². The fraction of sp³-hybridized carbons (Fsp3) is 0.280. The smallest absolute Gasteiger partial charge is 0.143 e. The Morgan fingerprint density at radius 1 is 1.12 bits per heavy atom. The SMILES string of the molecule is CNCCC(Oc1ccccc1N/C(C)=C1\C(=N)C(CC#N)=NN=C1C)c1ccccc1. The molecule has 0 saturated carbocycles. The molecule has 0 fully saturated rings. The Hall–Kier alpha value is -3.76. The molecule has 0 aliphatic carbocycles. The van der Waals surface area contributed by atoms with E-state index in [1.165, 1.54) is 0 Å². The van der Waals surface area contributed by atoms with Gasteiger partial charge in [0.25, 0.3) is 0 Å². The standard InChI is InChI=1S/C25H28N6O/c1-17(24-18(2)30-31-21(13-15-26)25(24)27)29-20-11-7-8-12-23(20)32-22(14-16-28-3)19-9-5-4-6-10-19/h4-12,22,27-29H,13-14,16H2,1-3H3/b24-17-,27-25?. The molecule has 1 atom stereocenters. The zero-order valence-electron chi connectivity index (χ0n) is 18.6. The predicted octanol–water partition coefficient (Wildman–Crippen LogP) is 4.87. The van der Waals surface area contributed by atoms with Gasteiger partial charge in [-0.1, -0.05) is 42.5 Å². The van der Waals surface area contributed by atoms with Crippen molar-refractivity contribution in [3.63, 3.8) is 0 Å². The first-order valence-electron chi connectivity index (χ1n) is 10.6. The maximum absolute atomic E-state index is 9.01. The third-order valence-corrected chi connectivity index (χ3v) is 5.15. The average Bonchev–Trinajstić information content (AvgIpc) is 2.80. The molecule has 3 N–H and O–H groups in total. The van der Waals surface area contributed by atoms with Crippen molar-refractivity contribution in [2.24, 2.45) is 10.2 Å². The van der Waals surface area contributed by atoms with E-state index in [0.717, 1.165) is 35.7 Å². The lowest BCUT2D eigenvalue weighted by molar-refractivity contribution is 0.196. The topological polar surface area (TPSA) is 106 Å². The summed E-state index contributed by atoms with van der Waals surface area (Å²) in [6.45, 7) is 4.53. The summed E-state index contributed by atoms with van der Waals surface area (Å²) in [4.78, 5) is 0. The lowest BCUT2D eigenvalue weighted by Gasteiger charge is -2.23. The molecular formula is C25H28N6O. The molecule has 0 spiro atoms. The molecule has 1 aliphatic heterocycles. The maximum atomic E-state index is 9.01. The average molecular weight is 429 g/mol. The van der Waals surface area contributed by atoms with E-state index in [0.29, 0.717) is 17.0 Å². The van der Waals surface area contributed by atoms with Crippen LogP contribution in [0.4, 0.5) is 5.69 Å². The number of nitrogens with one attached hydrogen (secondary N) is 3. The van der Waals surface area contributed by atoms with Crippen LogP contribution in [0.25, 0.3) is 0 Å². The van der Waals surface area contributed by atoms with Crippen LogP contribution in [0.15, 0.2) is 76.1 Å². The van der Waals surface area contributed by atoms with Crippen molar-refractivity contribution in [3.8, 4) is 11.8 Å². The molecule has 0 amide bonds. The van der Waals surface area contributed by atoms with Gasteiger partial charge in [0.15, 0.2) is 0 Å². The van der Waals surface area contributed by atoms with Crippen LogP contribution in [0, 0.1) is 16.7 Å². The van der Waals surface area contributed by atoms with Gasteiger partial charge >= 0.3 is 0 Å². The van der Waals surface area contributed by atoms with Gasteiger partial charge in [0.2, 0.25) is 0 Å². The third-order valence-electron chi connectivity index (χ3n) is 5.15. The van der Waals surface area contributed by atoms with Gasteiger partial charge in [0, 0.05) is 17.7 Å². The van der Waals surface area contributed by atoms with Crippen LogP contribution < -0.4 is 15.4 Å². The van der Waals surface area contributed by atoms with Crippen LogP contribution in [0.5, 0.6) is 5.75 Å². The normalized spacial score (nSPS) is 15.9. The first kappa shape index (κ1) is 22.9. The highest BCUT2D eigenvalue weighted by molar-refractivity contribution is 6.54. The van der Waals surface area contributed by atoms with Gasteiger partial charge in [0.05, 0.1) is 29.6 Å².